The predicted molar refractivity (Wildman–Crippen MR) is 146 cm³/mol. The zero-order chi connectivity index (χ0) is 29.0. The Labute approximate surface area is 229 Å². The first-order valence-electron chi connectivity index (χ1n) is 12.0. The molecule has 212 valence electrons. The maximum absolute atomic E-state index is 15.8. The first-order chi connectivity index (χ1) is 18.6. The van der Waals surface area contributed by atoms with Crippen LogP contribution in [0.5, 0.6) is 5.75 Å². The third kappa shape index (κ3) is 10.2. The maximum atomic E-state index is 15.8. The average Bonchev–Trinajstić information content (AvgIpc) is 3.35. The highest BCUT2D eigenvalue weighted by Crippen LogP contribution is 2.51. The number of carbonyl (C=O) groups is 2. The number of halogens is 4. The molecular weight excluding hydrogens is 557 g/mol. The van der Waals surface area contributed by atoms with E-state index < -0.39 is 51.4 Å². The average molecular weight is 588 g/mol. The van der Waals surface area contributed by atoms with Crippen molar-refractivity contribution >= 4 is 41.7 Å². The van der Waals surface area contributed by atoms with Crippen LogP contribution in [0, 0.1) is 0 Å². The third-order valence-corrected chi connectivity index (χ3v) is 7.66. The molecule has 0 aliphatic heterocycles. The van der Waals surface area contributed by atoms with Gasteiger partial charge in [-0.15, -0.1) is 11.3 Å². The maximum Gasteiger partial charge on any atom is 0.392 e. The van der Waals surface area contributed by atoms with E-state index in [1.807, 2.05) is 13.8 Å². The largest absolute Gasteiger partial charge is 0.464 e. The fourth-order valence-electron chi connectivity index (χ4n) is 3.02. The van der Waals surface area contributed by atoms with Crippen LogP contribution in [-0.2, 0) is 14.3 Å². The zero-order valence-corrected chi connectivity index (χ0v) is 23.4. The van der Waals surface area contributed by atoms with E-state index in [1.54, 1.807) is 54.6 Å². The molecule has 12 heteroatoms. The quantitative estimate of drug-likeness (QED) is 0.0999. The Morgan fingerprint density at radius 2 is 1.79 bits per heavy atom. The van der Waals surface area contributed by atoms with E-state index in [-0.39, 0.29) is 12.2 Å². The molecule has 0 radical (unpaired) electrons. The minimum atomic E-state index is -4.47. The smallest absolute Gasteiger partial charge is 0.392 e. The first kappa shape index (κ1) is 32.2. The highest BCUT2D eigenvalue weighted by molar-refractivity contribution is 7.51. The number of esters is 2. The van der Waals surface area contributed by atoms with Gasteiger partial charge in [0.2, 0.25) is 8.30 Å². The number of fused-ring (bicyclic) bond motifs is 1. The number of alkyl halides is 4. The molecule has 0 amide bonds. The molecular formula is C27H30F4NO5PS. The minimum absolute atomic E-state index is 0.0640. The van der Waals surface area contributed by atoms with Crippen molar-refractivity contribution in [3.05, 3.63) is 77.7 Å². The first-order valence-corrected chi connectivity index (χ1v) is 14.2. The second-order valence-corrected chi connectivity index (χ2v) is 10.4. The van der Waals surface area contributed by atoms with Crippen molar-refractivity contribution in [2.45, 2.75) is 45.3 Å². The van der Waals surface area contributed by atoms with Crippen molar-refractivity contribution < 1.29 is 41.1 Å². The Hall–Kier alpha value is -3.01. The van der Waals surface area contributed by atoms with Gasteiger partial charge in [0.05, 0.1) is 13.0 Å². The van der Waals surface area contributed by atoms with Crippen LogP contribution >= 0.6 is 19.6 Å². The fraction of sp³-hybridized carbons (Fsp3) is 0.333. The highest BCUT2D eigenvalue weighted by Gasteiger charge is 2.32. The van der Waals surface area contributed by atoms with Gasteiger partial charge < -0.3 is 14.0 Å². The van der Waals surface area contributed by atoms with Crippen LogP contribution in [0.3, 0.4) is 0 Å². The summed E-state index contributed by atoms with van der Waals surface area (Å²) >= 11 is 1.20. The van der Waals surface area contributed by atoms with Crippen LogP contribution in [-0.4, -0.2) is 37.4 Å². The topological polar surface area (TPSA) is 73.9 Å². The summed E-state index contributed by atoms with van der Waals surface area (Å²) in [7, 11) is -2.19. The van der Waals surface area contributed by atoms with E-state index in [0.717, 1.165) is 4.70 Å². The number of para-hydroxylation sites is 1. The molecule has 3 atom stereocenters. The van der Waals surface area contributed by atoms with Gasteiger partial charge in [-0.05, 0) is 48.2 Å². The van der Waals surface area contributed by atoms with E-state index in [9.17, 15) is 22.8 Å². The van der Waals surface area contributed by atoms with Gasteiger partial charge in [0.25, 0.3) is 0 Å². The number of hydrogen-bond acceptors (Lipinski definition) is 7. The number of thiophene rings is 1. The molecule has 0 spiro atoms. The Morgan fingerprint density at radius 1 is 1.10 bits per heavy atom. The summed E-state index contributed by atoms with van der Waals surface area (Å²) in [5.41, 5.74) is 0.225. The van der Waals surface area contributed by atoms with E-state index in [1.165, 1.54) is 24.3 Å². The molecule has 3 rings (SSSR count). The molecule has 3 aromatic rings. The summed E-state index contributed by atoms with van der Waals surface area (Å²) in [6.07, 6.45) is -4.30. The van der Waals surface area contributed by atoms with Gasteiger partial charge in [0, 0.05) is 4.70 Å². The predicted octanol–water partition coefficient (Wildman–Crippen LogP) is 8.10. The lowest BCUT2D eigenvalue weighted by molar-refractivity contribution is -0.160. The molecule has 6 nitrogen and oxygen atoms in total. The lowest BCUT2D eigenvalue weighted by Crippen LogP contribution is -2.34. The van der Waals surface area contributed by atoms with Crippen LogP contribution in [0.1, 0.15) is 48.3 Å². The van der Waals surface area contributed by atoms with Crippen LogP contribution in [0.25, 0.3) is 10.1 Å². The molecule has 39 heavy (non-hydrogen) atoms. The standard InChI is InChI=1S/C25H24F4NO5PS.C2H6/c1-3-12-33-24(32)21-15-18-14-17(9-10-20(18)37-21)22(26)36(35-19-7-5-4-6-8-19)30-16(2)23(31)34-13-11-25(27,28)29;1-2/h3-10,14-16,22,30H,1,11-13H2,2H3;1-2H3. The second kappa shape index (κ2) is 15.5. The molecule has 0 aliphatic rings. The van der Waals surface area contributed by atoms with Crippen LogP contribution in [0.4, 0.5) is 17.6 Å². The number of benzene rings is 2. The van der Waals surface area contributed by atoms with E-state index in [2.05, 4.69) is 16.4 Å². The van der Waals surface area contributed by atoms with Gasteiger partial charge in [0.15, 0.2) is 5.91 Å². The zero-order valence-electron chi connectivity index (χ0n) is 21.7. The highest BCUT2D eigenvalue weighted by atomic mass is 32.1. The minimum Gasteiger partial charge on any atom is -0.464 e. The van der Waals surface area contributed by atoms with Gasteiger partial charge >= 0.3 is 18.1 Å². The van der Waals surface area contributed by atoms with Crippen molar-refractivity contribution in [2.24, 2.45) is 0 Å². The van der Waals surface area contributed by atoms with Gasteiger partial charge in [-0.2, -0.15) is 13.2 Å². The van der Waals surface area contributed by atoms with Crippen LogP contribution in [0.2, 0.25) is 0 Å². The summed E-state index contributed by atoms with van der Waals surface area (Å²) < 4.78 is 69.2. The summed E-state index contributed by atoms with van der Waals surface area (Å²) in [6, 6.07) is 13.6. The SMILES string of the molecule is C=CCOC(=O)c1cc2cc(C(F)P(NC(C)C(=O)OCCC(F)(F)F)Oc3ccccc3)ccc2s1.CC. The number of hydrogen-bond donors (Lipinski definition) is 1. The van der Waals surface area contributed by atoms with Gasteiger partial charge in [-0.25, -0.2) is 14.3 Å². The number of rotatable bonds is 12. The van der Waals surface area contributed by atoms with Gasteiger partial charge in [-0.1, -0.05) is 50.8 Å². The molecule has 0 saturated carbocycles. The molecule has 1 N–H and O–H groups in total. The fourth-order valence-corrected chi connectivity index (χ4v) is 5.50. The van der Waals surface area contributed by atoms with Crippen LogP contribution < -0.4 is 9.61 Å². The Bertz CT molecular complexity index is 1220. The lowest BCUT2D eigenvalue weighted by atomic mass is 10.2. The summed E-state index contributed by atoms with van der Waals surface area (Å²) in [6.45, 7) is 8.08. The molecule has 3 unspecified atom stereocenters. The molecule has 0 aliphatic carbocycles. The van der Waals surface area contributed by atoms with Crippen molar-refractivity contribution in [1.82, 2.24) is 5.09 Å². The Balaban J connectivity index is 0.00000260. The third-order valence-electron chi connectivity index (χ3n) is 4.81. The molecule has 1 heterocycles. The molecule has 0 fully saturated rings. The van der Waals surface area contributed by atoms with E-state index in [0.29, 0.717) is 16.0 Å². The summed E-state index contributed by atoms with van der Waals surface area (Å²) in [4.78, 5) is 24.7. The Morgan fingerprint density at radius 3 is 2.44 bits per heavy atom. The number of ether oxygens (including phenoxy) is 2. The molecule has 1 aromatic heterocycles. The second-order valence-electron chi connectivity index (χ2n) is 7.74. The van der Waals surface area contributed by atoms with E-state index in [4.69, 9.17) is 9.26 Å². The van der Waals surface area contributed by atoms with E-state index >= 15 is 4.39 Å². The molecule has 2 aromatic carbocycles. The van der Waals surface area contributed by atoms with Crippen molar-refractivity contribution in [3.8, 4) is 5.75 Å². The Kier molecular flexibility index (Phi) is 12.8. The monoisotopic (exact) mass is 587 g/mol. The molecule has 0 saturated heterocycles. The molecule has 0 bridgehead atoms. The van der Waals surface area contributed by atoms with Crippen molar-refractivity contribution in [1.29, 1.82) is 0 Å². The number of carbonyl (C=O) groups excluding carboxylic acids is 2. The van der Waals surface area contributed by atoms with Gasteiger partial charge in [0.1, 0.15) is 23.3 Å². The number of nitrogens with one attached hydrogen (secondary N) is 1. The summed E-state index contributed by atoms with van der Waals surface area (Å²) in [5, 5.41) is 3.35. The van der Waals surface area contributed by atoms with Crippen molar-refractivity contribution in [3.63, 3.8) is 0 Å². The van der Waals surface area contributed by atoms with Gasteiger partial charge in [-0.3, -0.25) is 4.79 Å². The lowest BCUT2D eigenvalue weighted by Gasteiger charge is -2.25. The van der Waals surface area contributed by atoms with Crippen molar-refractivity contribution in [2.75, 3.05) is 13.2 Å². The normalized spacial score (nSPS) is 13.4. The summed E-state index contributed by atoms with van der Waals surface area (Å²) in [5.74, 6) is -2.88. The van der Waals surface area contributed by atoms with Crippen LogP contribution in [0.15, 0.2) is 67.3 Å².